The van der Waals surface area contributed by atoms with Crippen LogP contribution in [0.3, 0.4) is 0 Å². The molecule has 4 rings (SSSR count). The van der Waals surface area contributed by atoms with Gasteiger partial charge in [-0.15, -0.1) is 0 Å². The molecule has 0 bridgehead atoms. The number of anilines is 2. The maximum Gasteiger partial charge on any atom is 0.274 e. The van der Waals surface area contributed by atoms with Crippen molar-refractivity contribution in [2.45, 2.75) is 26.2 Å². The average Bonchev–Trinajstić information content (AvgIpc) is 2.84. The minimum absolute atomic E-state index is 0.202. The third kappa shape index (κ3) is 4.43. The summed E-state index contributed by atoms with van der Waals surface area (Å²) in [4.78, 5) is 37.8. The minimum atomic E-state index is -0.916. The van der Waals surface area contributed by atoms with Crippen molar-refractivity contribution in [3.05, 3.63) is 77.9 Å². The lowest BCUT2D eigenvalue weighted by Crippen LogP contribution is -2.35. The molecule has 8 heteroatoms. The van der Waals surface area contributed by atoms with Gasteiger partial charge in [0.25, 0.3) is 5.91 Å². The molecule has 172 valence electrons. The van der Waals surface area contributed by atoms with Crippen molar-refractivity contribution in [2.24, 2.45) is 5.73 Å². The zero-order valence-corrected chi connectivity index (χ0v) is 19.5. The van der Waals surface area contributed by atoms with Crippen LogP contribution in [0.2, 0.25) is 0 Å². The van der Waals surface area contributed by atoms with Crippen molar-refractivity contribution in [3.63, 3.8) is 0 Å². The molecule has 0 aliphatic rings. The van der Waals surface area contributed by atoms with Gasteiger partial charge in [-0.1, -0.05) is 6.07 Å². The molecule has 0 aliphatic heterocycles. The number of hydrogen-bond acceptors (Lipinski definition) is 6. The fourth-order valence-corrected chi connectivity index (χ4v) is 3.60. The highest BCUT2D eigenvalue weighted by Crippen LogP contribution is 2.29. The number of carbonyl (C=O) groups is 2. The summed E-state index contributed by atoms with van der Waals surface area (Å²) in [6, 6.07) is 12.9. The van der Waals surface area contributed by atoms with E-state index in [0.29, 0.717) is 11.3 Å². The van der Waals surface area contributed by atoms with E-state index in [1.54, 1.807) is 32.2 Å². The number of amides is 2. The maximum atomic E-state index is 12.9. The number of primary amides is 1. The van der Waals surface area contributed by atoms with E-state index in [9.17, 15) is 9.59 Å². The minimum Gasteiger partial charge on any atom is -0.373 e. The number of pyridine rings is 3. The van der Waals surface area contributed by atoms with Crippen LogP contribution in [0, 0.1) is 6.92 Å². The van der Waals surface area contributed by atoms with Crippen LogP contribution in [0.4, 0.5) is 11.5 Å². The van der Waals surface area contributed by atoms with Crippen molar-refractivity contribution in [1.82, 2.24) is 15.0 Å². The SMILES string of the molecule is CNc1cc2ncc(-c3cc(NC(=O)c4cc(C(C)(C)C(N)=O)ccn4)ccc3C)cc2cn1. The molecule has 3 aromatic heterocycles. The zero-order chi connectivity index (χ0) is 24.5. The molecule has 0 fully saturated rings. The second-order valence-corrected chi connectivity index (χ2v) is 8.64. The number of benzene rings is 1. The number of aromatic nitrogens is 3. The number of nitrogens with one attached hydrogen (secondary N) is 2. The highest BCUT2D eigenvalue weighted by Gasteiger charge is 2.28. The Morgan fingerprint density at radius 1 is 0.971 bits per heavy atom. The molecule has 0 atom stereocenters. The molecule has 8 nitrogen and oxygen atoms in total. The first-order chi connectivity index (χ1) is 16.2. The lowest BCUT2D eigenvalue weighted by atomic mass is 9.84. The quantitative estimate of drug-likeness (QED) is 0.404. The topological polar surface area (TPSA) is 123 Å². The molecular weight excluding hydrogens is 428 g/mol. The van der Waals surface area contributed by atoms with Crippen LogP contribution < -0.4 is 16.4 Å². The van der Waals surface area contributed by atoms with Crippen molar-refractivity contribution in [1.29, 1.82) is 0 Å². The van der Waals surface area contributed by atoms with Gasteiger partial charge in [0.15, 0.2) is 0 Å². The largest absolute Gasteiger partial charge is 0.373 e. The number of rotatable bonds is 6. The van der Waals surface area contributed by atoms with Gasteiger partial charge in [-0.25, -0.2) is 4.98 Å². The standard InChI is InChI=1S/C26H26N6O2/c1-15-5-6-19(32-24(33)22-10-18(7-8-29-22)26(2,3)25(27)34)11-20(15)16-9-17-14-31-23(28-4)12-21(17)30-13-16/h5-14H,1-4H3,(H2,27,34)(H,28,31)(H,32,33). The molecule has 1 aromatic carbocycles. The summed E-state index contributed by atoms with van der Waals surface area (Å²) in [5.41, 5.74) is 9.80. The summed E-state index contributed by atoms with van der Waals surface area (Å²) in [5.74, 6) is -0.0995. The number of carbonyl (C=O) groups excluding carboxylic acids is 2. The highest BCUT2D eigenvalue weighted by molar-refractivity contribution is 6.03. The van der Waals surface area contributed by atoms with Crippen molar-refractivity contribution in [2.75, 3.05) is 17.7 Å². The van der Waals surface area contributed by atoms with Crippen LogP contribution in [0.5, 0.6) is 0 Å². The molecule has 0 spiro atoms. The van der Waals surface area contributed by atoms with Crippen molar-refractivity contribution >= 4 is 34.2 Å². The Labute approximate surface area is 197 Å². The molecule has 4 aromatic rings. The zero-order valence-electron chi connectivity index (χ0n) is 19.5. The van der Waals surface area contributed by atoms with E-state index in [2.05, 4.69) is 25.6 Å². The summed E-state index contributed by atoms with van der Waals surface area (Å²) in [6.07, 6.45) is 5.10. The number of nitrogens with zero attached hydrogens (tertiary/aromatic N) is 3. The van der Waals surface area contributed by atoms with E-state index >= 15 is 0 Å². The maximum absolute atomic E-state index is 12.9. The first-order valence-electron chi connectivity index (χ1n) is 10.8. The van der Waals surface area contributed by atoms with Crippen LogP contribution >= 0.6 is 0 Å². The number of fused-ring (bicyclic) bond motifs is 1. The van der Waals surface area contributed by atoms with Crippen LogP contribution in [-0.4, -0.2) is 33.8 Å². The first-order valence-corrected chi connectivity index (χ1v) is 10.8. The molecular formula is C26H26N6O2. The number of aryl methyl sites for hydroxylation is 1. The van der Waals surface area contributed by atoms with Gasteiger partial charge < -0.3 is 16.4 Å². The van der Waals surface area contributed by atoms with Crippen LogP contribution in [0.15, 0.2) is 61.1 Å². The Balaban J connectivity index is 1.62. The van der Waals surface area contributed by atoms with Gasteiger partial charge in [0.1, 0.15) is 11.5 Å². The Kier molecular flexibility index (Phi) is 5.98. The lowest BCUT2D eigenvalue weighted by Gasteiger charge is -2.21. The van der Waals surface area contributed by atoms with E-state index in [0.717, 1.165) is 33.4 Å². The summed E-state index contributed by atoms with van der Waals surface area (Å²) in [7, 11) is 1.82. The van der Waals surface area contributed by atoms with Gasteiger partial charge in [-0.2, -0.15) is 0 Å². The molecule has 4 N–H and O–H groups in total. The fraction of sp³-hybridized carbons (Fsp3) is 0.192. The van der Waals surface area contributed by atoms with E-state index in [4.69, 9.17) is 5.73 Å². The normalized spacial score (nSPS) is 11.3. The molecule has 0 aliphatic carbocycles. The third-order valence-corrected chi connectivity index (χ3v) is 5.96. The molecule has 0 saturated heterocycles. The lowest BCUT2D eigenvalue weighted by molar-refractivity contribution is -0.122. The van der Waals surface area contributed by atoms with Gasteiger partial charge in [-0.05, 0) is 67.8 Å². The molecule has 34 heavy (non-hydrogen) atoms. The Morgan fingerprint density at radius 2 is 1.76 bits per heavy atom. The Bertz CT molecular complexity index is 1410. The second kappa shape index (κ2) is 8.90. The average molecular weight is 455 g/mol. The van der Waals surface area contributed by atoms with E-state index in [-0.39, 0.29) is 11.6 Å². The smallest absolute Gasteiger partial charge is 0.274 e. The summed E-state index contributed by atoms with van der Waals surface area (Å²) in [6.45, 7) is 5.43. The molecule has 0 saturated carbocycles. The molecule has 0 unspecified atom stereocenters. The Hall–Kier alpha value is -4.33. The monoisotopic (exact) mass is 454 g/mol. The molecule has 0 radical (unpaired) electrons. The van der Waals surface area contributed by atoms with E-state index in [1.807, 2.05) is 50.5 Å². The fourth-order valence-electron chi connectivity index (χ4n) is 3.60. The summed E-state index contributed by atoms with van der Waals surface area (Å²) >= 11 is 0. The highest BCUT2D eigenvalue weighted by atomic mass is 16.2. The summed E-state index contributed by atoms with van der Waals surface area (Å²) < 4.78 is 0. The Morgan fingerprint density at radius 3 is 2.50 bits per heavy atom. The summed E-state index contributed by atoms with van der Waals surface area (Å²) in [5, 5.41) is 6.83. The number of hydrogen-bond donors (Lipinski definition) is 3. The van der Waals surface area contributed by atoms with E-state index < -0.39 is 11.3 Å². The predicted molar refractivity (Wildman–Crippen MR) is 134 cm³/mol. The third-order valence-electron chi connectivity index (χ3n) is 5.96. The van der Waals surface area contributed by atoms with Crippen LogP contribution in [-0.2, 0) is 10.2 Å². The van der Waals surface area contributed by atoms with E-state index in [1.165, 1.54) is 6.20 Å². The van der Waals surface area contributed by atoms with Crippen LogP contribution in [0.1, 0.15) is 35.5 Å². The second-order valence-electron chi connectivity index (χ2n) is 8.64. The van der Waals surface area contributed by atoms with Gasteiger partial charge in [-0.3, -0.25) is 19.6 Å². The molecule has 2 amide bonds. The first kappa shape index (κ1) is 22.8. The van der Waals surface area contributed by atoms with Gasteiger partial charge in [0.05, 0.1) is 10.9 Å². The van der Waals surface area contributed by atoms with Gasteiger partial charge in [0, 0.05) is 48.3 Å². The van der Waals surface area contributed by atoms with Gasteiger partial charge in [0.2, 0.25) is 5.91 Å². The molecule has 3 heterocycles. The number of nitrogens with two attached hydrogens (primary N) is 1. The van der Waals surface area contributed by atoms with Gasteiger partial charge >= 0.3 is 0 Å². The van der Waals surface area contributed by atoms with Crippen LogP contribution in [0.25, 0.3) is 22.0 Å². The predicted octanol–water partition coefficient (Wildman–Crippen LogP) is 4.06. The van der Waals surface area contributed by atoms with Crippen molar-refractivity contribution in [3.8, 4) is 11.1 Å². The van der Waals surface area contributed by atoms with Crippen molar-refractivity contribution < 1.29 is 9.59 Å².